The molecular formula is C7H11N3. The lowest BCUT2D eigenvalue weighted by atomic mass is 10.2. The Bertz CT molecular complexity index is 203. The van der Waals surface area contributed by atoms with Crippen molar-refractivity contribution >= 4 is 5.69 Å². The van der Waals surface area contributed by atoms with E-state index in [0.717, 1.165) is 11.3 Å². The summed E-state index contributed by atoms with van der Waals surface area (Å²) in [6, 6.07) is 7.20. The Balaban J connectivity index is 2.89. The minimum Gasteiger partial charge on any atom is -0.399 e. The van der Waals surface area contributed by atoms with Gasteiger partial charge in [-0.05, 0) is 17.7 Å². The molecule has 0 heterocycles. The van der Waals surface area contributed by atoms with E-state index in [-0.39, 0.29) is 0 Å². The van der Waals surface area contributed by atoms with E-state index in [1.54, 1.807) is 12.1 Å². The van der Waals surface area contributed by atoms with Gasteiger partial charge in [0, 0.05) is 5.69 Å². The van der Waals surface area contributed by atoms with Crippen LogP contribution in [0.1, 0.15) is 11.7 Å². The first-order chi connectivity index (χ1) is 4.70. The van der Waals surface area contributed by atoms with Crippen LogP contribution in [0.3, 0.4) is 0 Å². The van der Waals surface area contributed by atoms with Gasteiger partial charge in [0.2, 0.25) is 0 Å². The van der Waals surface area contributed by atoms with Gasteiger partial charge in [-0.1, -0.05) is 12.1 Å². The van der Waals surface area contributed by atoms with Crippen molar-refractivity contribution in [3.05, 3.63) is 29.8 Å². The van der Waals surface area contributed by atoms with Crippen LogP contribution in [-0.4, -0.2) is 0 Å². The highest BCUT2D eigenvalue weighted by Gasteiger charge is 1.96. The Morgan fingerprint density at radius 3 is 1.90 bits per heavy atom. The predicted molar refractivity (Wildman–Crippen MR) is 42.0 cm³/mol. The molecule has 0 saturated heterocycles. The van der Waals surface area contributed by atoms with Crippen molar-refractivity contribution in [3.63, 3.8) is 0 Å². The fourth-order valence-electron chi connectivity index (χ4n) is 0.718. The number of rotatable bonds is 1. The van der Waals surface area contributed by atoms with Gasteiger partial charge in [-0.2, -0.15) is 0 Å². The Morgan fingerprint density at radius 1 is 1.00 bits per heavy atom. The number of nitrogen functional groups attached to an aromatic ring is 1. The van der Waals surface area contributed by atoms with Crippen molar-refractivity contribution in [2.45, 2.75) is 6.17 Å². The third-order valence-electron chi connectivity index (χ3n) is 1.32. The van der Waals surface area contributed by atoms with Crippen LogP contribution >= 0.6 is 0 Å². The molecule has 0 bridgehead atoms. The number of nitrogens with two attached hydrogens (primary N) is 3. The smallest absolute Gasteiger partial charge is 0.0784 e. The van der Waals surface area contributed by atoms with Gasteiger partial charge in [0.25, 0.3) is 0 Å². The van der Waals surface area contributed by atoms with Gasteiger partial charge in [0.1, 0.15) is 0 Å². The molecule has 0 aliphatic rings. The van der Waals surface area contributed by atoms with Gasteiger partial charge in [-0.3, -0.25) is 0 Å². The van der Waals surface area contributed by atoms with Crippen molar-refractivity contribution < 1.29 is 0 Å². The monoisotopic (exact) mass is 137 g/mol. The highest BCUT2D eigenvalue weighted by Crippen LogP contribution is 2.07. The lowest BCUT2D eigenvalue weighted by Gasteiger charge is -2.04. The SMILES string of the molecule is Nc1ccc(C(N)N)cc1. The quantitative estimate of drug-likeness (QED) is 0.382. The van der Waals surface area contributed by atoms with E-state index in [1.165, 1.54) is 0 Å². The van der Waals surface area contributed by atoms with Gasteiger partial charge in [0.05, 0.1) is 6.17 Å². The molecular weight excluding hydrogens is 126 g/mol. The number of hydrogen-bond donors (Lipinski definition) is 3. The molecule has 0 aromatic heterocycles. The molecule has 0 radical (unpaired) electrons. The molecule has 0 spiro atoms. The second-order valence-electron chi connectivity index (χ2n) is 2.19. The molecule has 0 aliphatic heterocycles. The van der Waals surface area contributed by atoms with Gasteiger partial charge < -0.3 is 17.2 Å². The summed E-state index contributed by atoms with van der Waals surface area (Å²) >= 11 is 0. The maximum atomic E-state index is 5.45. The van der Waals surface area contributed by atoms with Crippen LogP contribution in [0.5, 0.6) is 0 Å². The molecule has 3 nitrogen and oxygen atoms in total. The molecule has 3 heteroatoms. The number of anilines is 1. The number of benzene rings is 1. The van der Waals surface area contributed by atoms with Crippen molar-refractivity contribution in [1.29, 1.82) is 0 Å². The van der Waals surface area contributed by atoms with E-state index in [2.05, 4.69) is 0 Å². The van der Waals surface area contributed by atoms with E-state index in [0.29, 0.717) is 0 Å². The standard InChI is InChI=1S/C7H11N3/c8-6-3-1-5(2-4-6)7(9)10/h1-4,7H,8-10H2. The van der Waals surface area contributed by atoms with Crippen molar-refractivity contribution in [2.24, 2.45) is 11.5 Å². The fraction of sp³-hybridized carbons (Fsp3) is 0.143. The average Bonchev–Trinajstić information content (AvgIpc) is 1.88. The number of hydrogen-bond acceptors (Lipinski definition) is 3. The minimum absolute atomic E-state index is 0.402. The van der Waals surface area contributed by atoms with Crippen LogP contribution in [-0.2, 0) is 0 Å². The minimum atomic E-state index is -0.402. The maximum absolute atomic E-state index is 5.45. The van der Waals surface area contributed by atoms with Crippen LogP contribution < -0.4 is 17.2 Å². The van der Waals surface area contributed by atoms with Crippen molar-refractivity contribution in [1.82, 2.24) is 0 Å². The van der Waals surface area contributed by atoms with Gasteiger partial charge in [0.15, 0.2) is 0 Å². The zero-order chi connectivity index (χ0) is 7.56. The van der Waals surface area contributed by atoms with E-state index >= 15 is 0 Å². The molecule has 10 heavy (non-hydrogen) atoms. The maximum Gasteiger partial charge on any atom is 0.0784 e. The summed E-state index contributed by atoms with van der Waals surface area (Å²) < 4.78 is 0. The first-order valence-corrected chi connectivity index (χ1v) is 3.07. The summed E-state index contributed by atoms with van der Waals surface area (Å²) in [5.74, 6) is 0. The third kappa shape index (κ3) is 1.46. The summed E-state index contributed by atoms with van der Waals surface area (Å²) in [7, 11) is 0. The summed E-state index contributed by atoms with van der Waals surface area (Å²) in [6.07, 6.45) is -0.402. The molecule has 0 saturated carbocycles. The van der Waals surface area contributed by atoms with Crippen molar-refractivity contribution in [2.75, 3.05) is 5.73 Å². The van der Waals surface area contributed by atoms with E-state index in [1.807, 2.05) is 12.1 Å². The average molecular weight is 137 g/mol. The molecule has 1 rings (SSSR count). The summed E-state index contributed by atoms with van der Waals surface area (Å²) in [6.45, 7) is 0. The van der Waals surface area contributed by atoms with E-state index in [9.17, 15) is 0 Å². The normalized spacial score (nSPS) is 10.3. The Morgan fingerprint density at radius 2 is 1.50 bits per heavy atom. The highest BCUT2D eigenvalue weighted by molar-refractivity contribution is 5.39. The second-order valence-corrected chi connectivity index (χ2v) is 2.19. The van der Waals surface area contributed by atoms with Crippen LogP contribution in [0.15, 0.2) is 24.3 Å². The molecule has 0 amide bonds. The molecule has 1 aromatic carbocycles. The predicted octanol–water partition coefficient (Wildman–Crippen LogP) is 0.185. The van der Waals surface area contributed by atoms with Crippen LogP contribution in [0.2, 0.25) is 0 Å². The lowest BCUT2D eigenvalue weighted by Crippen LogP contribution is -2.19. The summed E-state index contributed by atoms with van der Waals surface area (Å²) in [5, 5.41) is 0. The first kappa shape index (κ1) is 7.05. The molecule has 0 aliphatic carbocycles. The van der Waals surface area contributed by atoms with Crippen LogP contribution in [0.25, 0.3) is 0 Å². The second kappa shape index (κ2) is 2.68. The van der Waals surface area contributed by atoms with E-state index < -0.39 is 6.17 Å². The Kier molecular flexibility index (Phi) is 1.89. The Hall–Kier alpha value is -1.06. The first-order valence-electron chi connectivity index (χ1n) is 3.07. The summed E-state index contributed by atoms with van der Waals surface area (Å²) in [4.78, 5) is 0. The zero-order valence-electron chi connectivity index (χ0n) is 5.62. The molecule has 0 fully saturated rings. The lowest BCUT2D eigenvalue weighted by molar-refractivity contribution is 0.774. The molecule has 6 N–H and O–H groups in total. The van der Waals surface area contributed by atoms with Gasteiger partial charge in [-0.25, -0.2) is 0 Å². The van der Waals surface area contributed by atoms with Crippen LogP contribution in [0.4, 0.5) is 5.69 Å². The third-order valence-corrected chi connectivity index (χ3v) is 1.32. The molecule has 0 atom stereocenters. The highest BCUT2D eigenvalue weighted by atomic mass is 14.8. The fourth-order valence-corrected chi connectivity index (χ4v) is 0.718. The van der Waals surface area contributed by atoms with Gasteiger partial charge >= 0.3 is 0 Å². The zero-order valence-corrected chi connectivity index (χ0v) is 5.62. The van der Waals surface area contributed by atoms with Crippen LogP contribution in [0, 0.1) is 0 Å². The molecule has 1 aromatic rings. The topological polar surface area (TPSA) is 78.1 Å². The van der Waals surface area contributed by atoms with E-state index in [4.69, 9.17) is 17.2 Å². The summed E-state index contributed by atoms with van der Waals surface area (Å²) in [5.41, 5.74) is 17.9. The van der Waals surface area contributed by atoms with Crippen molar-refractivity contribution in [3.8, 4) is 0 Å². The van der Waals surface area contributed by atoms with Gasteiger partial charge in [-0.15, -0.1) is 0 Å². The largest absolute Gasteiger partial charge is 0.399 e. The molecule has 0 unspecified atom stereocenters. The molecule has 54 valence electrons. The Labute approximate surface area is 59.8 Å².